The quantitative estimate of drug-likeness (QED) is 0.929. The molecular formula is C16H21N5O. The van der Waals surface area contributed by atoms with E-state index in [1.807, 2.05) is 38.6 Å². The van der Waals surface area contributed by atoms with E-state index in [-0.39, 0.29) is 6.10 Å². The average molecular weight is 299 g/mol. The Morgan fingerprint density at radius 3 is 2.73 bits per heavy atom. The van der Waals surface area contributed by atoms with Gasteiger partial charge in [-0.3, -0.25) is 9.88 Å². The molecule has 0 aliphatic carbocycles. The summed E-state index contributed by atoms with van der Waals surface area (Å²) in [7, 11) is 1.82. The van der Waals surface area contributed by atoms with E-state index in [1.165, 1.54) is 0 Å². The van der Waals surface area contributed by atoms with Gasteiger partial charge in [0.15, 0.2) is 0 Å². The molecule has 6 nitrogen and oxygen atoms in total. The predicted molar refractivity (Wildman–Crippen MR) is 84.5 cm³/mol. The van der Waals surface area contributed by atoms with Gasteiger partial charge in [-0.25, -0.2) is 9.97 Å². The van der Waals surface area contributed by atoms with Crippen LogP contribution in [-0.4, -0.2) is 46.6 Å². The summed E-state index contributed by atoms with van der Waals surface area (Å²) >= 11 is 0. The monoisotopic (exact) mass is 299 g/mol. The van der Waals surface area contributed by atoms with Crippen LogP contribution < -0.4 is 5.32 Å². The Bertz CT molecular complexity index is 599. The van der Waals surface area contributed by atoms with Crippen molar-refractivity contribution < 1.29 is 4.74 Å². The summed E-state index contributed by atoms with van der Waals surface area (Å²) in [5, 5.41) is 2.93. The Morgan fingerprint density at radius 2 is 2.05 bits per heavy atom. The standard InChI is InChI=1S/C16H21N5O/c1-12-3-4-14(18-7-12)15-11-21(5-6-22-15)10-13-8-19-16(17-2)20-9-13/h3-4,7-9,15H,5-6,10-11H2,1-2H3,(H,17,19,20)/t15-/m1/s1. The highest BCUT2D eigenvalue weighted by Gasteiger charge is 2.23. The second-order valence-electron chi connectivity index (χ2n) is 5.52. The molecule has 0 bridgehead atoms. The lowest BCUT2D eigenvalue weighted by Crippen LogP contribution is -2.38. The first-order valence-electron chi connectivity index (χ1n) is 7.50. The van der Waals surface area contributed by atoms with Gasteiger partial charge in [0.05, 0.1) is 12.3 Å². The fourth-order valence-corrected chi connectivity index (χ4v) is 2.52. The first kappa shape index (κ1) is 14.9. The van der Waals surface area contributed by atoms with Gasteiger partial charge >= 0.3 is 0 Å². The van der Waals surface area contributed by atoms with Crippen LogP contribution in [0.15, 0.2) is 30.7 Å². The van der Waals surface area contributed by atoms with E-state index >= 15 is 0 Å². The minimum Gasteiger partial charge on any atom is -0.369 e. The molecule has 0 aromatic carbocycles. The molecule has 0 radical (unpaired) electrons. The van der Waals surface area contributed by atoms with Crippen LogP contribution in [0.25, 0.3) is 0 Å². The van der Waals surface area contributed by atoms with E-state index in [1.54, 1.807) is 0 Å². The van der Waals surface area contributed by atoms with Gasteiger partial charge in [-0.05, 0) is 18.6 Å². The molecule has 1 N–H and O–H groups in total. The minimum absolute atomic E-state index is 0.0341. The highest BCUT2D eigenvalue weighted by Crippen LogP contribution is 2.21. The molecule has 116 valence electrons. The van der Waals surface area contributed by atoms with E-state index in [4.69, 9.17) is 4.74 Å². The molecule has 1 aliphatic rings. The Balaban J connectivity index is 1.63. The molecule has 22 heavy (non-hydrogen) atoms. The van der Waals surface area contributed by atoms with Crippen LogP contribution in [0.4, 0.5) is 5.95 Å². The van der Waals surface area contributed by atoms with Crippen molar-refractivity contribution in [3.05, 3.63) is 47.5 Å². The van der Waals surface area contributed by atoms with Crippen molar-refractivity contribution in [1.82, 2.24) is 19.9 Å². The zero-order valence-corrected chi connectivity index (χ0v) is 13.0. The third-order valence-corrected chi connectivity index (χ3v) is 3.75. The third kappa shape index (κ3) is 3.58. The number of hydrogen-bond acceptors (Lipinski definition) is 6. The minimum atomic E-state index is 0.0341. The number of rotatable bonds is 4. The maximum absolute atomic E-state index is 5.86. The fourth-order valence-electron chi connectivity index (χ4n) is 2.52. The van der Waals surface area contributed by atoms with Crippen molar-refractivity contribution in [3.63, 3.8) is 0 Å². The third-order valence-electron chi connectivity index (χ3n) is 3.75. The van der Waals surface area contributed by atoms with Gasteiger partial charge in [0.1, 0.15) is 6.10 Å². The molecule has 0 amide bonds. The number of nitrogens with zero attached hydrogens (tertiary/aromatic N) is 4. The molecule has 2 aromatic rings. The number of morpholine rings is 1. The maximum Gasteiger partial charge on any atom is 0.222 e. The number of aryl methyl sites for hydroxylation is 1. The number of nitrogens with one attached hydrogen (secondary N) is 1. The zero-order chi connectivity index (χ0) is 15.4. The van der Waals surface area contributed by atoms with Crippen molar-refractivity contribution in [2.75, 3.05) is 32.1 Å². The molecule has 6 heteroatoms. The molecule has 1 fully saturated rings. The highest BCUT2D eigenvalue weighted by molar-refractivity contribution is 5.23. The van der Waals surface area contributed by atoms with Crippen molar-refractivity contribution in [2.24, 2.45) is 0 Å². The summed E-state index contributed by atoms with van der Waals surface area (Å²) < 4.78 is 5.86. The van der Waals surface area contributed by atoms with Gasteiger partial charge in [-0.15, -0.1) is 0 Å². The first-order chi connectivity index (χ1) is 10.7. The van der Waals surface area contributed by atoms with E-state index in [0.717, 1.165) is 43.1 Å². The van der Waals surface area contributed by atoms with E-state index in [0.29, 0.717) is 5.95 Å². The lowest BCUT2D eigenvalue weighted by Gasteiger charge is -2.32. The van der Waals surface area contributed by atoms with Crippen molar-refractivity contribution in [3.8, 4) is 0 Å². The Labute approximate surface area is 130 Å². The maximum atomic E-state index is 5.86. The summed E-state index contributed by atoms with van der Waals surface area (Å²) in [4.78, 5) is 15.4. The van der Waals surface area contributed by atoms with Gasteiger partial charge in [0, 0.05) is 50.8 Å². The van der Waals surface area contributed by atoms with Crippen LogP contribution in [0, 0.1) is 6.92 Å². The van der Waals surface area contributed by atoms with Gasteiger partial charge < -0.3 is 10.1 Å². The number of pyridine rings is 1. The first-order valence-corrected chi connectivity index (χ1v) is 7.50. The average Bonchev–Trinajstić information content (AvgIpc) is 2.56. The van der Waals surface area contributed by atoms with Crippen LogP contribution in [-0.2, 0) is 11.3 Å². The molecular weight excluding hydrogens is 278 g/mol. The van der Waals surface area contributed by atoms with Gasteiger partial charge in [0.2, 0.25) is 5.95 Å². The SMILES string of the molecule is CNc1ncc(CN2CCO[C@@H](c3ccc(C)cn3)C2)cn1. The number of hydrogen-bond donors (Lipinski definition) is 1. The molecule has 3 rings (SSSR count). The molecule has 1 aliphatic heterocycles. The van der Waals surface area contributed by atoms with Gasteiger partial charge in [0.25, 0.3) is 0 Å². The lowest BCUT2D eigenvalue weighted by atomic mass is 10.1. The van der Waals surface area contributed by atoms with Crippen LogP contribution in [0.3, 0.4) is 0 Å². The van der Waals surface area contributed by atoms with Crippen molar-refractivity contribution in [2.45, 2.75) is 19.6 Å². The van der Waals surface area contributed by atoms with Crippen molar-refractivity contribution >= 4 is 5.95 Å². The summed E-state index contributed by atoms with van der Waals surface area (Å²) in [6, 6.07) is 4.13. The zero-order valence-electron chi connectivity index (χ0n) is 13.0. The Hall–Kier alpha value is -2.05. The van der Waals surface area contributed by atoms with Gasteiger partial charge in [-0.1, -0.05) is 6.07 Å². The Kier molecular flexibility index (Phi) is 4.60. The molecule has 1 atom stereocenters. The molecule has 0 unspecified atom stereocenters. The highest BCUT2D eigenvalue weighted by atomic mass is 16.5. The number of ether oxygens (including phenoxy) is 1. The Morgan fingerprint density at radius 1 is 1.23 bits per heavy atom. The van der Waals surface area contributed by atoms with Crippen LogP contribution in [0.2, 0.25) is 0 Å². The van der Waals surface area contributed by atoms with Crippen LogP contribution >= 0.6 is 0 Å². The predicted octanol–water partition coefficient (Wildman–Crippen LogP) is 1.80. The van der Waals surface area contributed by atoms with E-state index in [9.17, 15) is 0 Å². The second-order valence-corrected chi connectivity index (χ2v) is 5.52. The van der Waals surface area contributed by atoms with Gasteiger partial charge in [-0.2, -0.15) is 0 Å². The smallest absolute Gasteiger partial charge is 0.222 e. The summed E-state index contributed by atoms with van der Waals surface area (Å²) in [5.74, 6) is 0.646. The molecule has 1 saturated heterocycles. The van der Waals surface area contributed by atoms with E-state index in [2.05, 4.69) is 31.2 Å². The molecule has 3 heterocycles. The van der Waals surface area contributed by atoms with Crippen molar-refractivity contribution in [1.29, 1.82) is 0 Å². The second kappa shape index (κ2) is 6.81. The molecule has 0 saturated carbocycles. The van der Waals surface area contributed by atoms with Crippen LogP contribution in [0.5, 0.6) is 0 Å². The molecule has 2 aromatic heterocycles. The number of anilines is 1. The topological polar surface area (TPSA) is 63.2 Å². The van der Waals surface area contributed by atoms with E-state index < -0.39 is 0 Å². The normalized spacial score (nSPS) is 19.1. The lowest BCUT2D eigenvalue weighted by molar-refractivity contribution is -0.0350. The largest absolute Gasteiger partial charge is 0.369 e. The summed E-state index contributed by atoms with van der Waals surface area (Å²) in [6.45, 7) is 5.34. The molecule has 0 spiro atoms. The fraction of sp³-hybridized carbons (Fsp3) is 0.438. The summed E-state index contributed by atoms with van der Waals surface area (Å²) in [6.07, 6.45) is 5.66. The van der Waals surface area contributed by atoms with Crippen LogP contribution in [0.1, 0.15) is 22.9 Å². The number of aromatic nitrogens is 3. The summed E-state index contributed by atoms with van der Waals surface area (Å²) in [5.41, 5.74) is 3.27.